The van der Waals surface area contributed by atoms with Gasteiger partial charge in [0.1, 0.15) is 5.75 Å². The van der Waals surface area contributed by atoms with Gasteiger partial charge in [0.15, 0.2) is 6.61 Å². The number of carbonyl (C=O) groups excluding carboxylic acids is 2. The highest BCUT2D eigenvalue weighted by atomic mass is 32.1. The molecule has 2 heterocycles. The van der Waals surface area contributed by atoms with Crippen LogP contribution in [0, 0.1) is 0 Å². The molecule has 4 rings (SSSR count). The van der Waals surface area contributed by atoms with Crippen molar-refractivity contribution in [2.45, 2.75) is 18.9 Å². The quantitative estimate of drug-likeness (QED) is 0.643. The first-order valence-electron chi connectivity index (χ1n) is 9.63. The number of rotatable bonds is 6. The number of hydrogen-bond acceptors (Lipinski definition) is 4. The fraction of sp³-hybridized carbons (Fsp3) is 0.217. The first-order valence-corrected chi connectivity index (χ1v) is 10.5. The molecule has 0 bridgehead atoms. The van der Waals surface area contributed by atoms with E-state index in [2.05, 4.69) is 11.4 Å². The number of likely N-dealkylation sites (tertiary alicyclic amines) is 1. The first kappa shape index (κ1) is 19.2. The molecule has 1 fully saturated rings. The number of benzene rings is 2. The highest BCUT2D eigenvalue weighted by Gasteiger charge is 2.30. The van der Waals surface area contributed by atoms with Crippen LogP contribution >= 0.6 is 11.3 Å². The van der Waals surface area contributed by atoms with Crippen molar-refractivity contribution in [1.82, 2.24) is 4.90 Å². The van der Waals surface area contributed by atoms with Crippen molar-refractivity contribution >= 4 is 28.8 Å². The van der Waals surface area contributed by atoms with Gasteiger partial charge in [0, 0.05) is 28.7 Å². The summed E-state index contributed by atoms with van der Waals surface area (Å²) in [4.78, 5) is 28.1. The Balaban J connectivity index is 1.36. The second kappa shape index (κ2) is 8.92. The Morgan fingerprint density at radius 1 is 1.07 bits per heavy atom. The smallest absolute Gasteiger partial charge is 0.261 e. The Morgan fingerprint density at radius 3 is 2.72 bits per heavy atom. The molecule has 5 nitrogen and oxygen atoms in total. The average Bonchev–Trinajstić information content (AvgIpc) is 3.44. The van der Waals surface area contributed by atoms with Crippen molar-refractivity contribution in [3.8, 4) is 5.75 Å². The number of nitrogens with zero attached hydrogens (tertiary/aromatic N) is 1. The van der Waals surface area contributed by atoms with Crippen LogP contribution in [0.1, 0.15) is 34.1 Å². The van der Waals surface area contributed by atoms with Crippen molar-refractivity contribution in [1.29, 1.82) is 0 Å². The topological polar surface area (TPSA) is 58.6 Å². The number of ether oxygens (including phenoxy) is 1. The van der Waals surface area contributed by atoms with E-state index in [0.717, 1.165) is 19.4 Å². The number of nitrogens with one attached hydrogen (secondary N) is 1. The van der Waals surface area contributed by atoms with E-state index in [1.807, 2.05) is 34.5 Å². The monoisotopic (exact) mass is 406 g/mol. The van der Waals surface area contributed by atoms with Crippen LogP contribution in [-0.2, 0) is 4.79 Å². The van der Waals surface area contributed by atoms with Gasteiger partial charge in [-0.05, 0) is 48.6 Å². The molecular formula is C23H22N2O3S. The van der Waals surface area contributed by atoms with Crippen molar-refractivity contribution in [3.05, 3.63) is 82.6 Å². The zero-order valence-electron chi connectivity index (χ0n) is 15.9. The first-order chi connectivity index (χ1) is 14.2. The molecule has 1 aliphatic heterocycles. The molecule has 2 amide bonds. The summed E-state index contributed by atoms with van der Waals surface area (Å²) in [6, 6.07) is 20.4. The van der Waals surface area contributed by atoms with Gasteiger partial charge < -0.3 is 15.0 Å². The van der Waals surface area contributed by atoms with Crippen molar-refractivity contribution < 1.29 is 14.3 Å². The van der Waals surface area contributed by atoms with E-state index >= 15 is 0 Å². The van der Waals surface area contributed by atoms with Gasteiger partial charge in [0.25, 0.3) is 11.8 Å². The molecule has 0 saturated carbocycles. The van der Waals surface area contributed by atoms with E-state index in [-0.39, 0.29) is 24.5 Å². The molecule has 6 heteroatoms. The molecule has 1 aromatic heterocycles. The minimum Gasteiger partial charge on any atom is -0.484 e. The summed E-state index contributed by atoms with van der Waals surface area (Å²) in [5.41, 5.74) is 1.21. The Bertz CT molecular complexity index is 973. The summed E-state index contributed by atoms with van der Waals surface area (Å²) in [5, 5.41) is 4.90. The molecule has 0 spiro atoms. The summed E-state index contributed by atoms with van der Waals surface area (Å²) in [6.45, 7) is 0.746. The Labute approximate surface area is 173 Å². The third-order valence-corrected chi connectivity index (χ3v) is 5.91. The van der Waals surface area contributed by atoms with Gasteiger partial charge in [0.2, 0.25) is 0 Å². The molecule has 1 aliphatic rings. The summed E-state index contributed by atoms with van der Waals surface area (Å²) >= 11 is 1.69. The van der Waals surface area contributed by atoms with E-state index < -0.39 is 0 Å². The van der Waals surface area contributed by atoms with Gasteiger partial charge in [-0.25, -0.2) is 0 Å². The predicted molar refractivity (Wildman–Crippen MR) is 114 cm³/mol. The fourth-order valence-electron chi connectivity index (χ4n) is 3.53. The predicted octanol–water partition coefficient (Wildman–Crippen LogP) is 4.74. The van der Waals surface area contributed by atoms with Gasteiger partial charge in [-0.3, -0.25) is 9.59 Å². The molecule has 1 atom stereocenters. The summed E-state index contributed by atoms with van der Waals surface area (Å²) in [5.74, 6) is 0.352. The molecule has 148 valence electrons. The van der Waals surface area contributed by atoms with Crippen molar-refractivity contribution in [2.75, 3.05) is 18.5 Å². The molecule has 0 aliphatic carbocycles. The highest BCUT2D eigenvalue weighted by molar-refractivity contribution is 7.10. The Kier molecular flexibility index (Phi) is 5.91. The normalized spacial score (nSPS) is 15.9. The molecule has 1 saturated heterocycles. The van der Waals surface area contributed by atoms with Gasteiger partial charge in [-0.15, -0.1) is 11.3 Å². The minimum absolute atomic E-state index is 0.0142. The maximum Gasteiger partial charge on any atom is 0.261 e. The highest BCUT2D eigenvalue weighted by Crippen LogP contribution is 2.34. The largest absolute Gasteiger partial charge is 0.484 e. The van der Waals surface area contributed by atoms with Crippen LogP contribution in [0.4, 0.5) is 5.69 Å². The van der Waals surface area contributed by atoms with E-state index in [0.29, 0.717) is 17.0 Å². The SMILES string of the molecule is O=C(Nc1cccc(OCC(=O)N2CCCC2c2cccs2)c1)c1ccccc1. The summed E-state index contributed by atoms with van der Waals surface area (Å²) in [6.07, 6.45) is 2.00. The lowest BCUT2D eigenvalue weighted by Gasteiger charge is -2.24. The van der Waals surface area contributed by atoms with Crippen LogP contribution in [0.2, 0.25) is 0 Å². The molecule has 0 radical (unpaired) electrons. The number of hydrogen-bond donors (Lipinski definition) is 1. The number of thiophene rings is 1. The Morgan fingerprint density at radius 2 is 1.93 bits per heavy atom. The zero-order valence-corrected chi connectivity index (χ0v) is 16.7. The molecule has 2 aromatic carbocycles. The maximum atomic E-state index is 12.7. The van der Waals surface area contributed by atoms with Gasteiger partial charge in [-0.2, -0.15) is 0 Å². The molecule has 3 aromatic rings. The van der Waals surface area contributed by atoms with Crippen molar-refractivity contribution in [2.24, 2.45) is 0 Å². The van der Waals surface area contributed by atoms with E-state index in [1.54, 1.807) is 47.7 Å². The maximum absolute atomic E-state index is 12.7. The average molecular weight is 407 g/mol. The van der Waals surface area contributed by atoms with E-state index in [4.69, 9.17) is 4.74 Å². The fourth-order valence-corrected chi connectivity index (χ4v) is 4.40. The molecule has 29 heavy (non-hydrogen) atoms. The molecule has 1 unspecified atom stereocenters. The van der Waals surface area contributed by atoms with Gasteiger partial charge in [-0.1, -0.05) is 30.3 Å². The second-order valence-corrected chi connectivity index (χ2v) is 7.88. The lowest BCUT2D eigenvalue weighted by atomic mass is 10.2. The van der Waals surface area contributed by atoms with Crippen LogP contribution in [0.3, 0.4) is 0 Å². The Hall–Kier alpha value is -3.12. The third-order valence-electron chi connectivity index (χ3n) is 4.93. The standard InChI is InChI=1S/C23H22N2O3S/c26-22(25-13-5-11-20(25)21-12-6-14-29-21)16-28-19-10-4-9-18(15-19)24-23(27)17-7-2-1-3-8-17/h1-4,6-10,12,14-15,20H,5,11,13,16H2,(H,24,27). The van der Waals surface area contributed by atoms with Crippen LogP contribution < -0.4 is 10.1 Å². The second-order valence-electron chi connectivity index (χ2n) is 6.90. The van der Waals surface area contributed by atoms with Crippen LogP contribution in [0.25, 0.3) is 0 Å². The lowest BCUT2D eigenvalue weighted by molar-refractivity contribution is -0.134. The lowest BCUT2D eigenvalue weighted by Crippen LogP contribution is -2.34. The molecule has 1 N–H and O–H groups in total. The van der Waals surface area contributed by atoms with E-state index in [9.17, 15) is 9.59 Å². The number of carbonyl (C=O) groups is 2. The minimum atomic E-state index is -0.185. The zero-order chi connectivity index (χ0) is 20.1. The van der Waals surface area contributed by atoms with Gasteiger partial charge >= 0.3 is 0 Å². The number of amides is 2. The summed E-state index contributed by atoms with van der Waals surface area (Å²) in [7, 11) is 0. The van der Waals surface area contributed by atoms with Crippen LogP contribution in [0.15, 0.2) is 72.1 Å². The van der Waals surface area contributed by atoms with Crippen LogP contribution in [0.5, 0.6) is 5.75 Å². The number of anilines is 1. The van der Waals surface area contributed by atoms with E-state index in [1.165, 1.54) is 4.88 Å². The van der Waals surface area contributed by atoms with Gasteiger partial charge in [0.05, 0.1) is 6.04 Å². The molecular weight excluding hydrogens is 384 g/mol. The third kappa shape index (κ3) is 4.66. The van der Waals surface area contributed by atoms with Crippen molar-refractivity contribution in [3.63, 3.8) is 0 Å². The van der Waals surface area contributed by atoms with Crippen LogP contribution in [-0.4, -0.2) is 29.9 Å². The summed E-state index contributed by atoms with van der Waals surface area (Å²) < 4.78 is 5.73.